The number of carbonyl (C=O) groups excluding carboxylic acids is 1. The number of benzene rings is 1. The van der Waals surface area contributed by atoms with Gasteiger partial charge in [-0.25, -0.2) is 0 Å². The molecule has 1 aromatic rings. The van der Waals surface area contributed by atoms with Gasteiger partial charge in [-0.3, -0.25) is 4.79 Å². The van der Waals surface area contributed by atoms with Crippen molar-refractivity contribution in [1.29, 1.82) is 0 Å². The Morgan fingerprint density at radius 2 is 2.00 bits per heavy atom. The predicted molar refractivity (Wildman–Crippen MR) is 106 cm³/mol. The molecule has 3 rings (SSSR count). The first-order valence-corrected chi connectivity index (χ1v) is 9.69. The number of carbonyl (C=O) groups is 1. The van der Waals surface area contributed by atoms with E-state index in [0.29, 0.717) is 23.8 Å². The fraction of sp³-hybridized carbons (Fsp3) is 0.667. The highest BCUT2D eigenvalue weighted by molar-refractivity contribution is 5.85. The molecule has 3 unspecified atom stereocenters. The number of likely N-dealkylation sites (tertiary alicyclic amines) is 1. The summed E-state index contributed by atoms with van der Waals surface area (Å²) in [5.74, 6) is 1.54. The van der Waals surface area contributed by atoms with Crippen LogP contribution in [0.4, 0.5) is 0 Å². The zero-order valence-electron chi connectivity index (χ0n) is 15.7. The normalized spacial score (nSPS) is 24.6. The van der Waals surface area contributed by atoms with Crippen LogP contribution in [-0.4, -0.2) is 36.5 Å². The lowest BCUT2D eigenvalue weighted by molar-refractivity contribution is -0.133. The van der Waals surface area contributed by atoms with E-state index in [9.17, 15) is 4.79 Å². The van der Waals surface area contributed by atoms with Crippen LogP contribution in [0, 0.1) is 18.8 Å². The molecule has 0 aliphatic carbocycles. The lowest BCUT2D eigenvalue weighted by Crippen LogP contribution is -2.40. The van der Waals surface area contributed by atoms with Gasteiger partial charge >= 0.3 is 0 Å². The molecule has 140 valence electrons. The third-order valence-corrected chi connectivity index (χ3v) is 5.93. The predicted octanol–water partition coefficient (Wildman–Crippen LogP) is 3.98. The Kier molecular flexibility index (Phi) is 7.77. The molecule has 3 nitrogen and oxygen atoms in total. The van der Waals surface area contributed by atoms with Gasteiger partial charge in [-0.1, -0.05) is 36.8 Å². The Bertz CT molecular complexity index is 539. The minimum atomic E-state index is 0. The van der Waals surface area contributed by atoms with E-state index in [1.807, 2.05) is 0 Å². The average Bonchev–Trinajstić information content (AvgIpc) is 3.06. The molecule has 1 amide bonds. The molecular formula is C21H33ClN2O. The highest BCUT2D eigenvalue weighted by Gasteiger charge is 2.31. The minimum absolute atomic E-state index is 0. The van der Waals surface area contributed by atoms with Gasteiger partial charge in [0.1, 0.15) is 0 Å². The van der Waals surface area contributed by atoms with E-state index in [2.05, 4.69) is 48.3 Å². The van der Waals surface area contributed by atoms with Crippen molar-refractivity contribution in [3.63, 3.8) is 0 Å². The molecule has 25 heavy (non-hydrogen) atoms. The first kappa shape index (κ1) is 20.3. The number of piperidine rings is 1. The van der Waals surface area contributed by atoms with Crippen molar-refractivity contribution in [1.82, 2.24) is 10.2 Å². The van der Waals surface area contributed by atoms with Crippen molar-refractivity contribution in [3.8, 4) is 0 Å². The smallest absolute Gasteiger partial charge is 0.223 e. The molecule has 1 N–H and O–H groups in total. The number of aryl methyl sites for hydroxylation is 1. The summed E-state index contributed by atoms with van der Waals surface area (Å²) in [6, 6.07) is 9.18. The Balaban J connectivity index is 0.00000225. The van der Waals surface area contributed by atoms with Gasteiger partial charge in [-0.05, 0) is 69.5 Å². The van der Waals surface area contributed by atoms with Gasteiger partial charge in [0.2, 0.25) is 5.91 Å². The van der Waals surface area contributed by atoms with Crippen LogP contribution in [0.2, 0.25) is 0 Å². The lowest BCUT2D eigenvalue weighted by atomic mass is 9.85. The second-order valence-electron chi connectivity index (χ2n) is 7.86. The van der Waals surface area contributed by atoms with Crippen molar-refractivity contribution in [2.45, 2.75) is 58.4 Å². The number of nitrogens with zero attached hydrogens (tertiary/aromatic N) is 1. The summed E-state index contributed by atoms with van der Waals surface area (Å²) < 4.78 is 0. The van der Waals surface area contributed by atoms with Crippen LogP contribution in [0.3, 0.4) is 0 Å². The van der Waals surface area contributed by atoms with Gasteiger partial charge in [0.15, 0.2) is 0 Å². The fourth-order valence-electron chi connectivity index (χ4n) is 4.30. The molecule has 0 bridgehead atoms. The number of nitrogens with one attached hydrogen (secondary N) is 1. The van der Waals surface area contributed by atoms with Gasteiger partial charge in [0.25, 0.3) is 0 Å². The number of hydrogen-bond donors (Lipinski definition) is 1. The summed E-state index contributed by atoms with van der Waals surface area (Å²) >= 11 is 0. The first-order chi connectivity index (χ1) is 11.6. The van der Waals surface area contributed by atoms with Gasteiger partial charge in [-0.2, -0.15) is 0 Å². The summed E-state index contributed by atoms with van der Waals surface area (Å²) in [7, 11) is 0. The van der Waals surface area contributed by atoms with E-state index < -0.39 is 0 Å². The largest absolute Gasteiger partial charge is 0.339 e. The third kappa shape index (κ3) is 5.46. The number of hydrogen-bond acceptors (Lipinski definition) is 2. The van der Waals surface area contributed by atoms with Crippen LogP contribution in [0.5, 0.6) is 0 Å². The summed E-state index contributed by atoms with van der Waals surface area (Å²) in [5.41, 5.74) is 2.66. The summed E-state index contributed by atoms with van der Waals surface area (Å²) in [6.45, 7) is 7.56. The van der Waals surface area contributed by atoms with E-state index in [0.717, 1.165) is 45.3 Å². The lowest BCUT2D eigenvalue weighted by Gasteiger charge is -2.31. The summed E-state index contributed by atoms with van der Waals surface area (Å²) in [5, 5.41) is 3.48. The first-order valence-electron chi connectivity index (χ1n) is 9.69. The van der Waals surface area contributed by atoms with Crippen molar-refractivity contribution >= 4 is 18.3 Å². The maximum atomic E-state index is 12.9. The highest BCUT2D eigenvalue weighted by Crippen LogP contribution is 2.27. The minimum Gasteiger partial charge on any atom is -0.339 e. The van der Waals surface area contributed by atoms with Crippen LogP contribution in [0.15, 0.2) is 24.3 Å². The van der Waals surface area contributed by atoms with Crippen LogP contribution in [0.25, 0.3) is 0 Å². The second kappa shape index (κ2) is 9.59. The van der Waals surface area contributed by atoms with Crippen molar-refractivity contribution in [2.75, 3.05) is 19.6 Å². The molecule has 2 aliphatic rings. The molecule has 2 aliphatic heterocycles. The molecule has 0 saturated carbocycles. The van der Waals surface area contributed by atoms with E-state index in [4.69, 9.17) is 0 Å². The van der Waals surface area contributed by atoms with Crippen LogP contribution < -0.4 is 5.32 Å². The van der Waals surface area contributed by atoms with E-state index in [1.165, 1.54) is 24.0 Å². The molecule has 3 atom stereocenters. The maximum Gasteiger partial charge on any atom is 0.223 e. The molecule has 0 spiro atoms. The summed E-state index contributed by atoms with van der Waals surface area (Å²) in [6.07, 6.45) is 6.56. The quantitative estimate of drug-likeness (QED) is 0.857. The third-order valence-electron chi connectivity index (χ3n) is 5.93. The van der Waals surface area contributed by atoms with E-state index in [-0.39, 0.29) is 12.4 Å². The zero-order chi connectivity index (χ0) is 16.9. The van der Waals surface area contributed by atoms with Crippen LogP contribution in [0.1, 0.15) is 50.2 Å². The SMILES string of the molecule is Cc1ccc(CC2CCCN2C(=O)CC(C)C2CCCNC2)cc1.Cl. The Morgan fingerprint density at radius 1 is 1.24 bits per heavy atom. The molecule has 2 fully saturated rings. The van der Waals surface area contributed by atoms with Gasteiger partial charge in [0, 0.05) is 19.0 Å². The molecule has 2 saturated heterocycles. The molecule has 1 aromatic carbocycles. The maximum absolute atomic E-state index is 12.9. The molecule has 0 aromatic heterocycles. The van der Waals surface area contributed by atoms with Crippen molar-refractivity contribution in [2.24, 2.45) is 11.8 Å². The van der Waals surface area contributed by atoms with Gasteiger partial charge < -0.3 is 10.2 Å². The Labute approximate surface area is 159 Å². The van der Waals surface area contributed by atoms with E-state index in [1.54, 1.807) is 0 Å². The Morgan fingerprint density at radius 3 is 2.68 bits per heavy atom. The standard InChI is InChI=1S/C21H32N2O.ClH/c1-16-7-9-18(10-8-16)14-20-6-4-12-23(20)21(24)13-17(2)19-5-3-11-22-15-19;/h7-10,17,19-20,22H,3-6,11-15H2,1-2H3;1H. The molecule has 0 radical (unpaired) electrons. The van der Waals surface area contributed by atoms with Gasteiger partial charge in [0.05, 0.1) is 0 Å². The number of amides is 1. The second-order valence-corrected chi connectivity index (χ2v) is 7.86. The van der Waals surface area contributed by atoms with Crippen LogP contribution in [-0.2, 0) is 11.2 Å². The topological polar surface area (TPSA) is 32.3 Å². The zero-order valence-corrected chi connectivity index (χ0v) is 16.5. The molecular weight excluding hydrogens is 332 g/mol. The van der Waals surface area contributed by atoms with Crippen LogP contribution >= 0.6 is 12.4 Å². The fourth-order valence-corrected chi connectivity index (χ4v) is 4.30. The van der Waals surface area contributed by atoms with Crippen molar-refractivity contribution in [3.05, 3.63) is 35.4 Å². The Hall–Kier alpha value is -1.06. The highest BCUT2D eigenvalue weighted by atomic mass is 35.5. The monoisotopic (exact) mass is 364 g/mol. The van der Waals surface area contributed by atoms with Gasteiger partial charge in [-0.15, -0.1) is 12.4 Å². The van der Waals surface area contributed by atoms with E-state index >= 15 is 0 Å². The number of rotatable bonds is 5. The molecule has 4 heteroatoms. The summed E-state index contributed by atoms with van der Waals surface area (Å²) in [4.78, 5) is 15.0. The average molecular weight is 365 g/mol. The van der Waals surface area contributed by atoms with Crippen molar-refractivity contribution < 1.29 is 4.79 Å². The number of halogens is 1. The molecule has 2 heterocycles.